The molecule has 1 saturated heterocycles. The van der Waals surface area contributed by atoms with E-state index < -0.39 is 11.2 Å². The van der Waals surface area contributed by atoms with Gasteiger partial charge in [0.1, 0.15) is 16.7 Å². The summed E-state index contributed by atoms with van der Waals surface area (Å²) in [5.41, 5.74) is 2.97. The van der Waals surface area contributed by atoms with Gasteiger partial charge in [0, 0.05) is 23.1 Å². The Morgan fingerprint density at radius 3 is 2.71 bits per heavy atom. The molecule has 7 heteroatoms. The number of ether oxygens (including phenoxy) is 2. The quantitative estimate of drug-likeness (QED) is 0.361. The fourth-order valence-corrected chi connectivity index (χ4v) is 6.61. The van der Waals surface area contributed by atoms with Crippen molar-refractivity contribution < 1.29 is 18.8 Å². The maximum Gasteiger partial charge on any atom is 0.290 e. The van der Waals surface area contributed by atoms with Crippen LogP contribution >= 0.6 is 0 Å². The van der Waals surface area contributed by atoms with Crippen molar-refractivity contribution in [3.63, 3.8) is 0 Å². The van der Waals surface area contributed by atoms with E-state index in [1.165, 1.54) is 0 Å². The molecule has 3 unspecified atom stereocenters. The minimum Gasteiger partial charge on any atom is -0.710 e. The van der Waals surface area contributed by atoms with Gasteiger partial charge in [-0.15, -0.1) is 0 Å². The van der Waals surface area contributed by atoms with E-state index in [0.29, 0.717) is 35.7 Å². The largest absolute Gasteiger partial charge is 0.710 e. The standard InChI is InChI=1S/C24H26N2O4S/c1-14-9-18(17-7-8-25-24(17)26(14)27)19-10-16(31(28)15-3-2-4-15)5-6-23(19)30-13-22-20-11-29-12-21(20)22/h5-10,15,20-22,25H,2-4,11-13H2,1H3. The molecule has 0 radical (unpaired) electrons. The smallest absolute Gasteiger partial charge is 0.290 e. The van der Waals surface area contributed by atoms with Crippen molar-refractivity contribution in [2.45, 2.75) is 36.3 Å². The molecule has 0 amide bonds. The number of fused-ring (bicyclic) bond motifs is 2. The van der Waals surface area contributed by atoms with Crippen LogP contribution in [0.1, 0.15) is 25.0 Å². The summed E-state index contributed by atoms with van der Waals surface area (Å²) in [4.78, 5) is 3.89. The highest BCUT2D eigenvalue weighted by Gasteiger charge is 2.54. The van der Waals surface area contributed by atoms with Gasteiger partial charge >= 0.3 is 0 Å². The Balaban J connectivity index is 1.40. The van der Waals surface area contributed by atoms with Crippen molar-refractivity contribution in [3.8, 4) is 16.9 Å². The molecule has 3 aromatic rings. The Hall–Kier alpha value is -2.22. The molecule has 3 fully saturated rings. The monoisotopic (exact) mass is 438 g/mol. The molecule has 1 aromatic carbocycles. The number of aromatic amines is 1. The van der Waals surface area contributed by atoms with Crippen molar-refractivity contribution in [2.75, 3.05) is 19.8 Å². The third kappa shape index (κ3) is 3.22. The second-order valence-corrected chi connectivity index (χ2v) is 10.8. The molecule has 0 spiro atoms. The van der Waals surface area contributed by atoms with Gasteiger partial charge in [0.15, 0.2) is 4.90 Å². The lowest BCUT2D eigenvalue weighted by Crippen LogP contribution is -2.31. The summed E-state index contributed by atoms with van der Waals surface area (Å²) in [6.07, 6.45) is 4.98. The lowest BCUT2D eigenvalue weighted by atomic mass is 10.00. The number of H-pyrrole nitrogens is 1. The molecule has 3 heterocycles. The topological polar surface area (TPSA) is 84.2 Å². The van der Waals surface area contributed by atoms with E-state index in [1.54, 1.807) is 13.1 Å². The van der Waals surface area contributed by atoms with Crippen LogP contribution in [0.25, 0.3) is 22.2 Å². The predicted molar refractivity (Wildman–Crippen MR) is 118 cm³/mol. The van der Waals surface area contributed by atoms with Crippen molar-refractivity contribution in [3.05, 3.63) is 47.4 Å². The molecular formula is C24H26N2O4S. The van der Waals surface area contributed by atoms with E-state index >= 15 is 0 Å². The summed E-state index contributed by atoms with van der Waals surface area (Å²) in [6, 6.07) is 9.74. The number of nitrogens with one attached hydrogen (secondary N) is 1. The maximum atomic E-state index is 13.1. The van der Waals surface area contributed by atoms with Crippen LogP contribution in [-0.2, 0) is 15.9 Å². The molecule has 1 N–H and O–H groups in total. The molecule has 2 aliphatic carbocycles. The second kappa shape index (κ2) is 7.43. The number of hydrogen-bond donors (Lipinski definition) is 1. The van der Waals surface area contributed by atoms with E-state index in [9.17, 15) is 9.76 Å². The van der Waals surface area contributed by atoms with E-state index in [-0.39, 0.29) is 5.25 Å². The molecule has 0 bridgehead atoms. The summed E-state index contributed by atoms with van der Waals surface area (Å²) >= 11 is -1.02. The first-order chi connectivity index (χ1) is 15.1. The zero-order valence-electron chi connectivity index (χ0n) is 17.5. The average Bonchev–Trinajstić information content (AvgIpc) is 3.12. The SMILES string of the molecule is Cc1cc(-c2cc([S+]([O-])C3CCC3)ccc2OCC2C3COCC32)c2cc[nH]c2[n+]1[O-]. The van der Waals surface area contributed by atoms with E-state index in [2.05, 4.69) is 4.98 Å². The number of benzene rings is 1. The van der Waals surface area contributed by atoms with Gasteiger partial charge < -0.3 is 19.2 Å². The van der Waals surface area contributed by atoms with Gasteiger partial charge in [-0.2, -0.15) is 0 Å². The van der Waals surface area contributed by atoms with Crippen LogP contribution < -0.4 is 9.47 Å². The minimum absolute atomic E-state index is 0.249. The molecule has 6 rings (SSSR count). The first kappa shape index (κ1) is 19.5. The van der Waals surface area contributed by atoms with Crippen LogP contribution in [0, 0.1) is 29.9 Å². The van der Waals surface area contributed by atoms with E-state index in [0.717, 1.165) is 64.4 Å². The van der Waals surface area contributed by atoms with E-state index in [1.807, 2.05) is 30.3 Å². The highest BCUT2D eigenvalue weighted by molar-refractivity contribution is 7.92. The summed E-state index contributed by atoms with van der Waals surface area (Å²) in [5.74, 6) is 2.59. The first-order valence-electron chi connectivity index (χ1n) is 11.1. The van der Waals surface area contributed by atoms with Crippen molar-refractivity contribution >= 4 is 22.2 Å². The number of hydrogen-bond acceptors (Lipinski definition) is 4. The van der Waals surface area contributed by atoms with Crippen LogP contribution in [0.3, 0.4) is 0 Å². The Morgan fingerprint density at radius 1 is 1.16 bits per heavy atom. The summed E-state index contributed by atoms with van der Waals surface area (Å²) < 4.78 is 25.8. The van der Waals surface area contributed by atoms with Crippen LogP contribution in [0.4, 0.5) is 0 Å². The maximum absolute atomic E-state index is 13.1. The van der Waals surface area contributed by atoms with Gasteiger partial charge in [0.05, 0.1) is 31.4 Å². The number of nitrogens with zero attached hydrogens (tertiary/aromatic N) is 1. The van der Waals surface area contributed by atoms with E-state index in [4.69, 9.17) is 9.47 Å². The predicted octanol–water partition coefficient (Wildman–Crippen LogP) is 3.71. The van der Waals surface area contributed by atoms with Crippen LogP contribution in [-0.4, -0.2) is 34.6 Å². The Labute approximate surface area is 184 Å². The second-order valence-electron chi connectivity index (χ2n) is 9.08. The first-order valence-corrected chi connectivity index (χ1v) is 12.3. The third-order valence-corrected chi connectivity index (χ3v) is 9.08. The molecule has 2 saturated carbocycles. The van der Waals surface area contributed by atoms with Gasteiger partial charge in [0.25, 0.3) is 5.65 Å². The van der Waals surface area contributed by atoms with Gasteiger partial charge in [-0.05, 0) is 73.5 Å². The van der Waals surface area contributed by atoms with Crippen molar-refractivity contribution in [1.29, 1.82) is 0 Å². The fraction of sp³-hybridized carbons (Fsp3) is 0.458. The molecular weight excluding hydrogens is 412 g/mol. The van der Waals surface area contributed by atoms with Gasteiger partial charge in [-0.1, -0.05) is 0 Å². The summed E-state index contributed by atoms with van der Waals surface area (Å²) in [5, 5.41) is 13.6. The van der Waals surface area contributed by atoms with Crippen LogP contribution in [0.15, 0.2) is 41.4 Å². The Bertz CT molecular complexity index is 1130. The highest BCUT2D eigenvalue weighted by atomic mass is 32.2. The molecule has 1 aliphatic heterocycles. The molecule has 2 aromatic heterocycles. The Kier molecular flexibility index (Phi) is 4.67. The molecule has 31 heavy (non-hydrogen) atoms. The van der Waals surface area contributed by atoms with Gasteiger partial charge in [-0.25, -0.2) is 9.71 Å². The lowest BCUT2D eigenvalue weighted by molar-refractivity contribution is -0.586. The molecule has 3 atom stereocenters. The van der Waals surface area contributed by atoms with Crippen molar-refractivity contribution in [1.82, 2.24) is 4.98 Å². The zero-order valence-corrected chi connectivity index (χ0v) is 18.3. The fourth-order valence-electron chi connectivity index (χ4n) is 5.03. The molecule has 3 aliphatic rings. The normalized spacial score (nSPS) is 25.9. The summed E-state index contributed by atoms with van der Waals surface area (Å²) in [6.45, 7) is 4.16. The van der Waals surface area contributed by atoms with Crippen molar-refractivity contribution in [2.24, 2.45) is 17.8 Å². The summed E-state index contributed by atoms with van der Waals surface area (Å²) in [7, 11) is 0. The van der Waals surface area contributed by atoms with Gasteiger partial charge in [0.2, 0.25) is 0 Å². The van der Waals surface area contributed by atoms with Crippen LogP contribution in [0.2, 0.25) is 0 Å². The number of aryl methyl sites for hydroxylation is 1. The molecule has 162 valence electrons. The van der Waals surface area contributed by atoms with Gasteiger partial charge in [-0.3, -0.25) is 0 Å². The molecule has 6 nitrogen and oxygen atoms in total. The average molecular weight is 439 g/mol. The third-order valence-electron chi connectivity index (χ3n) is 7.28. The van der Waals surface area contributed by atoms with Crippen LogP contribution in [0.5, 0.6) is 5.75 Å². The number of rotatable bonds is 6. The minimum atomic E-state index is -1.02. The lowest BCUT2D eigenvalue weighted by Gasteiger charge is -2.28. The Morgan fingerprint density at radius 2 is 1.97 bits per heavy atom. The number of aromatic nitrogens is 2. The highest BCUT2D eigenvalue weighted by Crippen LogP contribution is 2.51. The zero-order chi connectivity index (χ0) is 21.1. The number of pyridine rings is 1.